The first-order valence-electron chi connectivity index (χ1n) is 7.95. The van der Waals surface area contributed by atoms with Crippen molar-refractivity contribution in [2.24, 2.45) is 0 Å². The normalized spacial score (nSPS) is 15.5. The molecule has 1 aliphatic rings. The van der Waals surface area contributed by atoms with Crippen LogP contribution in [0.15, 0.2) is 46.9 Å². The van der Waals surface area contributed by atoms with Gasteiger partial charge in [0.05, 0.1) is 13.2 Å². The van der Waals surface area contributed by atoms with Gasteiger partial charge in [-0.2, -0.15) is 0 Å². The topological polar surface area (TPSA) is 38.5 Å². The lowest BCUT2D eigenvalue weighted by atomic mass is 10.1. The highest BCUT2D eigenvalue weighted by Gasteiger charge is 2.10. The molecular formula is C19H17ClN2O2. The Balaban J connectivity index is 1.50. The Morgan fingerprint density at radius 3 is 2.58 bits per heavy atom. The lowest BCUT2D eigenvalue weighted by Gasteiger charge is -2.28. The Bertz CT molecular complexity index is 865. The zero-order valence-electron chi connectivity index (χ0n) is 13.1. The number of rotatable bonds is 3. The second-order valence-corrected chi connectivity index (χ2v) is 6.12. The minimum absolute atomic E-state index is 0.574. The van der Waals surface area contributed by atoms with Crippen molar-refractivity contribution in [3.8, 4) is 0 Å². The van der Waals surface area contributed by atoms with E-state index in [4.69, 9.17) is 20.8 Å². The van der Waals surface area contributed by atoms with Crippen molar-refractivity contribution < 1.29 is 9.15 Å². The van der Waals surface area contributed by atoms with Crippen LogP contribution in [-0.4, -0.2) is 31.3 Å². The lowest BCUT2D eigenvalue weighted by molar-refractivity contribution is 0.122. The molecule has 0 bridgehead atoms. The molecular weight excluding hydrogens is 324 g/mol. The van der Waals surface area contributed by atoms with Gasteiger partial charge >= 0.3 is 0 Å². The molecule has 24 heavy (non-hydrogen) atoms. The Labute approximate surface area is 145 Å². The van der Waals surface area contributed by atoms with Gasteiger partial charge in [-0.15, -0.1) is 0 Å². The fraction of sp³-hybridized carbons (Fsp3) is 0.211. The van der Waals surface area contributed by atoms with E-state index in [1.54, 1.807) is 12.1 Å². The van der Waals surface area contributed by atoms with Crippen LogP contribution in [0.4, 0.5) is 5.69 Å². The van der Waals surface area contributed by atoms with Crippen LogP contribution in [0.25, 0.3) is 23.3 Å². The van der Waals surface area contributed by atoms with Crippen molar-refractivity contribution in [3.63, 3.8) is 0 Å². The molecule has 1 aromatic heterocycles. The van der Waals surface area contributed by atoms with Crippen LogP contribution < -0.4 is 4.90 Å². The van der Waals surface area contributed by atoms with Crippen LogP contribution in [0.5, 0.6) is 0 Å². The van der Waals surface area contributed by atoms with Gasteiger partial charge in [-0.1, -0.05) is 23.7 Å². The largest absolute Gasteiger partial charge is 0.437 e. The van der Waals surface area contributed by atoms with E-state index in [0.717, 1.165) is 43.0 Å². The zero-order valence-corrected chi connectivity index (χ0v) is 13.9. The Morgan fingerprint density at radius 2 is 1.79 bits per heavy atom. The van der Waals surface area contributed by atoms with Crippen LogP contribution in [0, 0.1) is 0 Å². The van der Waals surface area contributed by atoms with Gasteiger partial charge in [-0.05, 0) is 42.0 Å². The third-order valence-corrected chi connectivity index (χ3v) is 4.29. The van der Waals surface area contributed by atoms with Gasteiger partial charge < -0.3 is 14.1 Å². The molecule has 122 valence electrons. The summed E-state index contributed by atoms with van der Waals surface area (Å²) in [5.74, 6) is 0.574. The van der Waals surface area contributed by atoms with Gasteiger partial charge in [0, 0.05) is 29.9 Å². The molecule has 0 radical (unpaired) electrons. The van der Waals surface area contributed by atoms with E-state index in [-0.39, 0.29) is 0 Å². The number of oxazole rings is 1. The van der Waals surface area contributed by atoms with Gasteiger partial charge in [0.1, 0.15) is 5.52 Å². The molecule has 1 saturated heterocycles. The third kappa shape index (κ3) is 3.30. The maximum atomic E-state index is 5.97. The van der Waals surface area contributed by atoms with E-state index in [0.29, 0.717) is 10.9 Å². The van der Waals surface area contributed by atoms with E-state index in [9.17, 15) is 0 Å². The molecule has 0 atom stereocenters. The predicted molar refractivity (Wildman–Crippen MR) is 97.4 cm³/mol. The van der Waals surface area contributed by atoms with Crippen molar-refractivity contribution in [2.75, 3.05) is 31.2 Å². The first-order valence-corrected chi connectivity index (χ1v) is 8.33. The van der Waals surface area contributed by atoms with Crippen molar-refractivity contribution in [1.29, 1.82) is 0 Å². The van der Waals surface area contributed by atoms with Crippen LogP contribution in [-0.2, 0) is 4.74 Å². The number of aromatic nitrogens is 1. The maximum absolute atomic E-state index is 5.97. The molecule has 0 aliphatic carbocycles. The summed E-state index contributed by atoms with van der Waals surface area (Å²) in [6.07, 6.45) is 3.87. The van der Waals surface area contributed by atoms with Gasteiger partial charge in [0.2, 0.25) is 5.89 Å². The second-order valence-electron chi connectivity index (χ2n) is 5.69. The summed E-state index contributed by atoms with van der Waals surface area (Å²) in [5, 5.41) is 0.657. The minimum atomic E-state index is 0.574. The van der Waals surface area contributed by atoms with Crippen molar-refractivity contribution in [1.82, 2.24) is 4.98 Å². The fourth-order valence-electron chi connectivity index (χ4n) is 2.78. The van der Waals surface area contributed by atoms with Gasteiger partial charge in [-0.3, -0.25) is 0 Å². The zero-order chi connectivity index (χ0) is 16.4. The van der Waals surface area contributed by atoms with Crippen molar-refractivity contribution >= 4 is 40.5 Å². The molecule has 0 saturated carbocycles. The summed E-state index contributed by atoms with van der Waals surface area (Å²) in [6, 6.07) is 13.9. The standard InChI is InChI=1S/C19H17ClN2O2/c20-15-4-7-18-17(13-15)21-19(24-18)8-3-14-1-5-16(6-2-14)22-9-11-23-12-10-22/h1-8,13H,9-12H2. The number of hydrogen-bond acceptors (Lipinski definition) is 4. The molecule has 0 amide bonds. The average Bonchev–Trinajstić information content (AvgIpc) is 3.03. The predicted octanol–water partition coefficient (Wildman–Crippen LogP) is 4.49. The van der Waals surface area contributed by atoms with Crippen molar-refractivity contribution in [2.45, 2.75) is 0 Å². The number of ether oxygens (including phenoxy) is 1. The summed E-state index contributed by atoms with van der Waals surface area (Å²) in [6.45, 7) is 3.48. The van der Waals surface area contributed by atoms with Gasteiger partial charge in [-0.25, -0.2) is 4.98 Å². The van der Waals surface area contributed by atoms with Gasteiger partial charge in [0.15, 0.2) is 5.58 Å². The number of anilines is 1. The van der Waals surface area contributed by atoms with E-state index in [1.165, 1.54) is 5.69 Å². The quantitative estimate of drug-likeness (QED) is 0.704. The third-order valence-electron chi connectivity index (χ3n) is 4.05. The summed E-state index contributed by atoms with van der Waals surface area (Å²) >= 11 is 5.97. The summed E-state index contributed by atoms with van der Waals surface area (Å²) in [5.41, 5.74) is 3.84. The molecule has 2 heterocycles. The van der Waals surface area contributed by atoms with Crippen LogP contribution in [0.1, 0.15) is 11.5 Å². The number of hydrogen-bond donors (Lipinski definition) is 0. The van der Waals surface area contributed by atoms with E-state index < -0.39 is 0 Å². The van der Waals surface area contributed by atoms with E-state index in [1.807, 2.05) is 18.2 Å². The summed E-state index contributed by atoms with van der Waals surface area (Å²) < 4.78 is 11.1. The molecule has 0 spiro atoms. The molecule has 4 nitrogen and oxygen atoms in total. The summed E-state index contributed by atoms with van der Waals surface area (Å²) in [7, 11) is 0. The number of halogens is 1. The van der Waals surface area contributed by atoms with Gasteiger partial charge in [0.25, 0.3) is 0 Å². The number of nitrogens with zero attached hydrogens (tertiary/aromatic N) is 2. The number of fused-ring (bicyclic) bond motifs is 1. The molecule has 0 N–H and O–H groups in total. The molecule has 0 unspecified atom stereocenters. The number of morpholine rings is 1. The van der Waals surface area contributed by atoms with Crippen LogP contribution >= 0.6 is 11.6 Å². The molecule has 2 aromatic carbocycles. The number of benzene rings is 2. The monoisotopic (exact) mass is 340 g/mol. The summed E-state index contributed by atoms with van der Waals surface area (Å²) in [4.78, 5) is 6.75. The molecule has 1 fully saturated rings. The van der Waals surface area contributed by atoms with E-state index in [2.05, 4.69) is 34.1 Å². The SMILES string of the molecule is Clc1ccc2oc(C=Cc3ccc(N4CCOCC4)cc3)nc2c1. The Morgan fingerprint density at radius 1 is 1.00 bits per heavy atom. The molecule has 3 aromatic rings. The maximum Gasteiger partial charge on any atom is 0.220 e. The highest BCUT2D eigenvalue weighted by molar-refractivity contribution is 6.31. The molecule has 4 rings (SSSR count). The highest BCUT2D eigenvalue weighted by atomic mass is 35.5. The van der Waals surface area contributed by atoms with E-state index >= 15 is 0 Å². The minimum Gasteiger partial charge on any atom is -0.437 e. The average molecular weight is 341 g/mol. The first kappa shape index (κ1) is 15.2. The second kappa shape index (κ2) is 6.67. The Hall–Kier alpha value is -2.30. The first-order chi connectivity index (χ1) is 11.8. The Kier molecular flexibility index (Phi) is 4.24. The highest BCUT2D eigenvalue weighted by Crippen LogP contribution is 2.22. The lowest BCUT2D eigenvalue weighted by Crippen LogP contribution is -2.36. The smallest absolute Gasteiger partial charge is 0.220 e. The molecule has 5 heteroatoms. The fourth-order valence-corrected chi connectivity index (χ4v) is 2.94. The van der Waals surface area contributed by atoms with Crippen LogP contribution in [0.2, 0.25) is 5.02 Å². The molecule has 1 aliphatic heterocycles. The van der Waals surface area contributed by atoms with Crippen molar-refractivity contribution in [3.05, 3.63) is 58.9 Å². The van der Waals surface area contributed by atoms with Crippen LogP contribution in [0.3, 0.4) is 0 Å².